The van der Waals surface area contributed by atoms with Gasteiger partial charge in [-0.3, -0.25) is 4.79 Å². The summed E-state index contributed by atoms with van der Waals surface area (Å²) in [7, 11) is 1.72. The van der Waals surface area contributed by atoms with Crippen LogP contribution in [-0.4, -0.2) is 19.0 Å². The standard InChI is InChI=1S/C11H20O2/c1-10(2)9-11(3,13-4)7-5-6-8-12/h5-6,8,10H,7,9H2,1-4H3/b6-5+. The maximum Gasteiger partial charge on any atom is 0.142 e. The minimum Gasteiger partial charge on any atom is -0.378 e. The van der Waals surface area contributed by atoms with Gasteiger partial charge in [0.2, 0.25) is 0 Å². The molecule has 0 spiro atoms. The van der Waals surface area contributed by atoms with E-state index in [0.29, 0.717) is 5.92 Å². The summed E-state index contributed by atoms with van der Waals surface area (Å²) in [6.45, 7) is 6.41. The van der Waals surface area contributed by atoms with Crippen molar-refractivity contribution in [3.05, 3.63) is 12.2 Å². The smallest absolute Gasteiger partial charge is 0.142 e. The summed E-state index contributed by atoms with van der Waals surface area (Å²) in [4.78, 5) is 10.1. The molecule has 0 aromatic rings. The molecule has 0 aliphatic rings. The van der Waals surface area contributed by atoms with Crippen LogP contribution < -0.4 is 0 Å². The summed E-state index contributed by atoms with van der Waals surface area (Å²) in [6, 6.07) is 0. The number of carbonyl (C=O) groups excluding carboxylic acids is 1. The van der Waals surface area contributed by atoms with E-state index >= 15 is 0 Å². The van der Waals surface area contributed by atoms with Crippen LogP contribution >= 0.6 is 0 Å². The first-order valence-electron chi connectivity index (χ1n) is 4.69. The predicted octanol–water partition coefficient (Wildman–Crippen LogP) is 2.58. The van der Waals surface area contributed by atoms with Gasteiger partial charge in [-0.2, -0.15) is 0 Å². The lowest BCUT2D eigenvalue weighted by molar-refractivity contribution is -0.104. The van der Waals surface area contributed by atoms with Gasteiger partial charge in [-0.1, -0.05) is 19.9 Å². The van der Waals surface area contributed by atoms with Gasteiger partial charge < -0.3 is 4.74 Å². The van der Waals surface area contributed by atoms with Gasteiger partial charge in [-0.25, -0.2) is 0 Å². The summed E-state index contributed by atoms with van der Waals surface area (Å²) in [6.07, 6.45) is 5.98. The molecule has 0 rings (SSSR count). The van der Waals surface area contributed by atoms with Crippen LogP contribution in [0, 0.1) is 5.92 Å². The second-order valence-corrected chi connectivity index (χ2v) is 4.02. The molecule has 0 fully saturated rings. The third kappa shape index (κ3) is 5.58. The van der Waals surface area contributed by atoms with Crippen LogP contribution in [0.15, 0.2) is 12.2 Å². The van der Waals surface area contributed by atoms with E-state index in [2.05, 4.69) is 20.8 Å². The van der Waals surface area contributed by atoms with Crippen molar-refractivity contribution in [1.29, 1.82) is 0 Å². The Labute approximate surface area is 81.0 Å². The van der Waals surface area contributed by atoms with Crippen molar-refractivity contribution in [3.8, 4) is 0 Å². The summed E-state index contributed by atoms with van der Waals surface area (Å²) in [5.41, 5.74) is -0.131. The summed E-state index contributed by atoms with van der Waals surface area (Å²) >= 11 is 0. The Hall–Kier alpha value is -0.630. The number of hydrogen-bond acceptors (Lipinski definition) is 2. The number of hydrogen-bond donors (Lipinski definition) is 0. The van der Waals surface area contributed by atoms with Crippen molar-refractivity contribution < 1.29 is 9.53 Å². The quantitative estimate of drug-likeness (QED) is 0.468. The SMILES string of the molecule is COC(C)(C/C=C/C=O)CC(C)C. The van der Waals surface area contributed by atoms with Gasteiger partial charge in [-0.05, 0) is 31.8 Å². The van der Waals surface area contributed by atoms with Crippen LogP contribution in [0.3, 0.4) is 0 Å². The number of allylic oxidation sites excluding steroid dienone is 1. The van der Waals surface area contributed by atoms with E-state index in [-0.39, 0.29) is 5.60 Å². The van der Waals surface area contributed by atoms with Gasteiger partial charge in [-0.15, -0.1) is 0 Å². The molecule has 0 aliphatic carbocycles. The van der Waals surface area contributed by atoms with Gasteiger partial charge in [0.15, 0.2) is 0 Å². The van der Waals surface area contributed by atoms with E-state index in [1.54, 1.807) is 7.11 Å². The number of rotatable bonds is 6. The first-order valence-corrected chi connectivity index (χ1v) is 4.69. The molecule has 76 valence electrons. The Kier molecular flexibility index (Phi) is 5.63. The van der Waals surface area contributed by atoms with Gasteiger partial charge in [0, 0.05) is 7.11 Å². The predicted molar refractivity (Wildman–Crippen MR) is 54.7 cm³/mol. The van der Waals surface area contributed by atoms with Crippen molar-refractivity contribution >= 4 is 6.29 Å². The zero-order valence-electron chi connectivity index (χ0n) is 9.04. The third-order valence-corrected chi connectivity index (χ3v) is 2.10. The molecule has 0 radical (unpaired) electrons. The Bertz CT molecular complexity index is 173. The molecule has 2 nitrogen and oxygen atoms in total. The molecule has 0 saturated carbocycles. The highest BCUT2D eigenvalue weighted by atomic mass is 16.5. The summed E-state index contributed by atoms with van der Waals surface area (Å²) in [5.74, 6) is 0.606. The minimum atomic E-state index is -0.131. The summed E-state index contributed by atoms with van der Waals surface area (Å²) < 4.78 is 5.43. The Morgan fingerprint density at radius 3 is 2.46 bits per heavy atom. The third-order valence-electron chi connectivity index (χ3n) is 2.10. The van der Waals surface area contributed by atoms with Gasteiger partial charge >= 0.3 is 0 Å². The highest BCUT2D eigenvalue weighted by Crippen LogP contribution is 2.24. The molecule has 0 aliphatic heterocycles. The zero-order chi connectivity index (χ0) is 10.3. The van der Waals surface area contributed by atoms with E-state index in [9.17, 15) is 4.79 Å². The van der Waals surface area contributed by atoms with Crippen LogP contribution in [0.5, 0.6) is 0 Å². The lowest BCUT2D eigenvalue weighted by atomic mass is 9.91. The average molecular weight is 184 g/mol. The molecule has 1 unspecified atom stereocenters. The zero-order valence-corrected chi connectivity index (χ0v) is 9.04. The molecule has 1 atom stereocenters. The molecule has 2 heteroatoms. The van der Waals surface area contributed by atoms with Crippen LogP contribution in [0.2, 0.25) is 0 Å². The fourth-order valence-corrected chi connectivity index (χ4v) is 1.49. The van der Waals surface area contributed by atoms with E-state index in [1.807, 2.05) is 6.08 Å². The minimum absolute atomic E-state index is 0.131. The van der Waals surface area contributed by atoms with Crippen LogP contribution in [0.1, 0.15) is 33.6 Å². The second-order valence-electron chi connectivity index (χ2n) is 4.02. The molecular weight excluding hydrogens is 164 g/mol. The highest BCUT2D eigenvalue weighted by molar-refractivity contribution is 5.64. The Morgan fingerprint density at radius 1 is 1.46 bits per heavy atom. The van der Waals surface area contributed by atoms with Crippen LogP contribution in [0.25, 0.3) is 0 Å². The Balaban J connectivity index is 4.10. The van der Waals surface area contributed by atoms with Gasteiger partial charge in [0.1, 0.15) is 6.29 Å². The van der Waals surface area contributed by atoms with Crippen molar-refractivity contribution in [3.63, 3.8) is 0 Å². The highest BCUT2D eigenvalue weighted by Gasteiger charge is 2.22. The van der Waals surface area contributed by atoms with Crippen molar-refractivity contribution in [2.45, 2.75) is 39.2 Å². The molecule has 0 amide bonds. The average Bonchev–Trinajstić information content (AvgIpc) is 2.04. The van der Waals surface area contributed by atoms with E-state index in [4.69, 9.17) is 4.74 Å². The van der Waals surface area contributed by atoms with Gasteiger partial charge in [0.05, 0.1) is 5.60 Å². The fraction of sp³-hybridized carbons (Fsp3) is 0.727. The maximum absolute atomic E-state index is 10.1. The van der Waals surface area contributed by atoms with E-state index in [0.717, 1.165) is 19.1 Å². The maximum atomic E-state index is 10.1. The first kappa shape index (κ1) is 12.4. The monoisotopic (exact) mass is 184 g/mol. The number of carbonyl (C=O) groups is 1. The van der Waals surface area contributed by atoms with Crippen LogP contribution in [-0.2, 0) is 9.53 Å². The van der Waals surface area contributed by atoms with Crippen LogP contribution in [0.4, 0.5) is 0 Å². The van der Waals surface area contributed by atoms with Crippen molar-refractivity contribution in [1.82, 2.24) is 0 Å². The molecule has 0 N–H and O–H groups in total. The van der Waals surface area contributed by atoms with E-state index in [1.165, 1.54) is 6.08 Å². The largest absolute Gasteiger partial charge is 0.378 e. The topological polar surface area (TPSA) is 26.3 Å². The molecule has 0 aromatic carbocycles. The lowest BCUT2D eigenvalue weighted by Crippen LogP contribution is -2.28. The van der Waals surface area contributed by atoms with Gasteiger partial charge in [0.25, 0.3) is 0 Å². The first-order chi connectivity index (χ1) is 6.04. The molecule has 13 heavy (non-hydrogen) atoms. The van der Waals surface area contributed by atoms with Crippen molar-refractivity contribution in [2.24, 2.45) is 5.92 Å². The van der Waals surface area contributed by atoms with Crippen molar-refractivity contribution in [2.75, 3.05) is 7.11 Å². The number of ether oxygens (including phenoxy) is 1. The number of methoxy groups -OCH3 is 1. The fourth-order valence-electron chi connectivity index (χ4n) is 1.49. The molecule has 0 saturated heterocycles. The lowest BCUT2D eigenvalue weighted by Gasteiger charge is -2.28. The van der Waals surface area contributed by atoms with E-state index < -0.39 is 0 Å². The molecule has 0 bridgehead atoms. The normalized spacial score (nSPS) is 16.4. The molecular formula is C11H20O2. The second kappa shape index (κ2) is 5.92. The Morgan fingerprint density at radius 2 is 2.08 bits per heavy atom. The summed E-state index contributed by atoms with van der Waals surface area (Å²) in [5, 5.41) is 0. The molecule has 0 heterocycles. The molecule has 0 aromatic heterocycles. The number of aldehydes is 1.